The van der Waals surface area contributed by atoms with Crippen LogP contribution in [0.1, 0.15) is 49.4 Å². The predicted octanol–water partition coefficient (Wildman–Crippen LogP) is 4.45. The maximum atomic E-state index is 6.24. The Labute approximate surface area is 109 Å². The first-order valence-corrected chi connectivity index (χ1v) is 7.57. The summed E-state index contributed by atoms with van der Waals surface area (Å²) in [6, 6.07) is 2.42. The van der Waals surface area contributed by atoms with Gasteiger partial charge in [-0.05, 0) is 43.7 Å². The van der Waals surface area contributed by atoms with Crippen molar-refractivity contribution in [2.24, 2.45) is 0 Å². The fraction of sp³-hybridized carbons (Fsp3) is 0.600. The van der Waals surface area contributed by atoms with E-state index < -0.39 is 0 Å². The summed E-state index contributed by atoms with van der Waals surface area (Å²) in [6.07, 6.45) is 11.6. The zero-order valence-electron chi connectivity index (χ0n) is 10.5. The van der Waals surface area contributed by atoms with Crippen molar-refractivity contribution >= 4 is 11.3 Å². The monoisotopic (exact) mass is 250 g/mol. The lowest BCUT2D eigenvalue weighted by atomic mass is 9.84. The van der Waals surface area contributed by atoms with Crippen LogP contribution in [0.3, 0.4) is 0 Å². The van der Waals surface area contributed by atoms with Crippen LogP contribution in [0.2, 0.25) is 0 Å². The van der Waals surface area contributed by atoms with Crippen molar-refractivity contribution in [1.82, 2.24) is 0 Å². The van der Waals surface area contributed by atoms with Gasteiger partial charge in [0.1, 0.15) is 0 Å². The van der Waals surface area contributed by atoms with Crippen LogP contribution in [-0.4, -0.2) is 6.61 Å². The molecule has 0 fully saturated rings. The highest BCUT2D eigenvalue weighted by molar-refractivity contribution is 7.12. The summed E-state index contributed by atoms with van der Waals surface area (Å²) in [5.74, 6) is 0. The van der Waals surface area contributed by atoms with Gasteiger partial charge in [-0.15, -0.1) is 11.3 Å². The summed E-state index contributed by atoms with van der Waals surface area (Å²) in [6.45, 7) is 3.16. The van der Waals surface area contributed by atoms with E-state index in [1.165, 1.54) is 10.4 Å². The zero-order chi connectivity index (χ0) is 11.7. The molecule has 1 aromatic heterocycles. The number of hydrogen-bond donors (Lipinski definition) is 0. The molecule has 0 N–H and O–H groups in total. The van der Waals surface area contributed by atoms with E-state index in [2.05, 4.69) is 25.1 Å². The fourth-order valence-electron chi connectivity index (χ4n) is 3.05. The Morgan fingerprint density at radius 3 is 2.82 bits per heavy atom. The number of hydrogen-bond acceptors (Lipinski definition) is 2. The fourth-order valence-corrected chi connectivity index (χ4v) is 4.23. The van der Waals surface area contributed by atoms with Crippen molar-refractivity contribution in [2.75, 3.05) is 6.61 Å². The van der Waals surface area contributed by atoms with Gasteiger partial charge >= 0.3 is 0 Å². The van der Waals surface area contributed by atoms with Crippen LogP contribution in [0.5, 0.6) is 0 Å². The summed E-state index contributed by atoms with van der Waals surface area (Å²) >= 11 is 2.01. The van der Waals surface area contributed by atoms with Gasteiger partial charge in [-0.25, -0.2) is 0 Å². The molecule has 1 nitrogen and oxygen atoms in total. The minimum absolute atomic E-state index is 0. The molecule has 0 saturated heterocycles. The Hall–Kier alpha value is -0.600. The van der Waals surface area contributed by atoms with Crippen LogP contribution in [-0.2, 0) is 23.2 Å². The quantitative estimate of drug-likeness (QED) is 0.669. The highest BCUT2D eigenvalue weighted by Gasteiger charge is 2.38. The van der Waals surface area contributed by atoms with E-state index in [-0.39, 0.29) is 7.03 Å². The average Bonchev–Trinajstić information content (AvgIpc) is 2.65. The first-order chi connectivity index (χ1) is 8.34. The number of ether oxygens (including phenoxy) is 1. The van der Waals surface area contributed by atoms with E-state index in [1.807, 2.05) is 11.3 Å². The Morgan fingerprint density at radius 1 is 1.35 bits per heavy atom. The highest BCUT2D eigenvalue weighted by Crippen LogP contribution is 2.45. The molecule has 1 spiro atoms. The third-order valence-corrected chi connectivity index (χ3v) is 5.34. The molecule has 1 aliphatic carbocycles. The molecule has 0 bridgehead atoms. The van der Waals surface area contributed by atoms with E-state index in [1.54, 1.807) is 4.88 Å². The number of aryl methyl sites for hydroxylation is 1. The maximum Gasteiger partial charge on any atom is 0.0948 e. The highest BCUT2D eigenvalue weighted by atomic mass is 32.1. The molecule has 0 aromatic carbocycles. The molecule has 94 valence electrons. The minimum Gasteiger partial charge on any atom is -0.370 e. The van der Waals surface area contributed by atoms with E-state index in [9.17, 15) is 0 Å². The molecule has 3 rings (SSSR count). The van der Waals surface area contributed by atoms with Crippen molar-refractivity contribution in [1.29, 1.82) is 0 Å². The largest absolute Gasteiger partial charge is 0.370 e. The standard InChI is InChI=1S/C15H20OS.H2/c1-2-12-11-13-14(17-12)7-10-16-15(13)8-5-3-4-6-9-15;/h3-4,11H,2,5-10H2,1H3;1H. The second-order valence-electron chi connectivity index (χ2n) is 5.04. The van der Waals surface area contributed by atoms with Crippen LogP contribution >= 0.6 is 11.3 Å². The molecule has 0 amide bonds. The SMILES string of the molecule is CCc1cc2c(s1)CCOC21CCC=CCC1.[HH]. The van der Waals surface area contributed by atoms with Crippen molar-refractivity contribution in [3.05, 3.63) is 33.5 Å². The van der Waals surface area contributed by atoms with Crippen molar-refractivity contribution in [3.8, 4) is 0 Å². The van der Waals surface area contributed by atoms with E-state index in [0.29, 0.717) is 0 Å². The van der Waals surface area contributed by atoms with Gasteiger partial charge in [-0.1, -0.05) is 19.1 Å². The summed E-state index contributed by atoms with van der Waals surface area (Å²) in [5, 5.41) is 0. The normalized spacial score (nSPS) is 22.4. The van der Waals surface area contributed by atoms with Gasteiger partial charge in [0.05, 0.1) is 12.2 Å². The zero-order valence-corrected chi connectivity index (χ0v) is 11.3. The third-order valence-electron chi connectivity index (χ3n) is 4.00. The molecule has 2 heterocycles. The first-order valence-electron chi connectivity index (χ1n) is 6.75. The number of fused-ring (bicyclic) bond motifs is 2. The second kappa shape index (κ2) is 4.58. The molecule has 2 heteroatoms. The minimum atomic E-state index is 0. The summed E-state index contributed by atoms with van der Waals surface area (Å²) in [7, 11) is 0. The van der Waals surface area contributed by atoms with Crippen LogP contribution < -0.4 is 0 Å². The molecular formula is C15H22OS. The second-order valence-corrected chi connectivity index (χ2v) is 6.27. The summed E-state index contributed by atoms with van der Waals surface area (Å²) in [5.41, 5.74) is 1.57. The Morgan fingerprint density at radius 2 is 2.12 bits per heavy atom. The van der Waals surface area contributed by atoms with Crippen molar-refractivity contribution in [3.63, 3.8) is 0 Å². The van der Waals surface area contributed by atoms with E-state index >= 15 is 0 Å². The van der Waals surface area contributed by atoms with Crippen LogP contribution in [0, 0.1) is 0 Å². The smallest absolute Gasteiger partial charge is 0.0948 e. The summed E-state index contributed by atoms with van der Waals surface area (Å²) in [4.78, 5) is 3.12. The Kier molecular flexibility index (Phi) is 3.10. The molecule has 1 aromatic rings. The number of rotatable bonds is 1. The van der Waals surface area contributed by atoms with E-state index in [0.717, 1.165) is 45.1 Å². The molecule has 0 saturated carbocycles. The molecule has 2 aliphatic rings. The van der Waals surface area contributed by atoms with Crippen molar-refractivity contribution < 1.29 is 6.16 Å². The third kappa shape index (κ3) is 1.98. The Balaban J connectivity index is 0.00000120. The first kappa shape index (κ1) is 11.5. The average molecular weight is 250 g/mol. The summed E-state index contributed by atoms with van der Waals surface area (Å²) < 4.78 is 6.24. The number of allylic oxidation sites excluding steroid dienone is 2. The molecule has 1 aliphatic heterocycles. The van der Waals surface area contributed by atoms with Gasteiger partial charge in [-0.3, -0.25) is 0 Å². The van der Waals surface area contributed by atoms with Crippen LogP contribution in [0.25, 0.3) is 0 Å². The van der Waals surface area contributed by atoms with Gasteiger partial charge < -0.3 is 4.74 Å². The lowest BCUT2D eigenvalue weighted by molar-refractivity contribution is -0.0693. The number of thiophene rings is 1. The van der Waals surface area contributed by atoms with Crippen LogP contribution in [0.4, 0.5) is 0 Å². The molecule has 0 atom stereocenters. The van der Waals surface area contributed by atoms with Gasteiger partial charge in [-0.2, -0.15) is 0 Å². The van der Waals surface area contributed by atoms with Gasteiger partial charge in [0, 0.05) is 17.6 Å². The molecule has 17 heavy (non-hydrogen) atoms. The van der Waals surface area contributed by atoms with Gasteiger partial charge in [0.2, 0.25) is 0 Å². The topological polar surface area (TPSA) is 9.23 Å². The Bertz CT molecular complexity index is 426. The molecular weight excluding hydrogens is 228 g/mol. The predicted molar refractivity (Wildman–Crippen MR) is 74.8 cm³/mol. The van der Waals surface area contributed by atoms with Crippen LogP contribution in [0.15, 0.2) is 18.2 Å². The molecule has 0 radical (unpaired) electrons. The van der Waals surface area contributed by atoms with Crippen molar-refractivity contribution in [2.45, 2.75) is 51.0 Å². The van der Waals surface area contributed by atoms with Gasteiger partial charge in [0.15, 0.2) is 0 Å². The molecule has 0 unspecified atom stereocenters. The lowest BCUT2D eigenvalue weighted by Gasteiger charge is -2.37. The lowest BCUT2D eigenvalue weighted by Crippen LogP contribution is -2.34. The maximum absolute atomic E-state index is 6.24. The van der Waals surface area contributed by atoms with Gasteiger partial charge in [0.25, 0.3) is 0 Å². The van der Waals surface area contributed by atoms with E-state index in [4.69, 9.17) is 4.74 Å².